The van der Waals surface area contributed by atoms with E-state index in [2.05, 4.69) is 4.98 Å². The molecule has 2 heterocycles. The van der Waals surface area contributed by atoms with Gasteiger partial charge in [0.25, 0.3) is 5.91 Å². The normalized spacial score (nSPS) is 18.1. The molecule has 0 N–H and O–H groups in total. The van der Waals surface area contributed by atoms with Gasteiger partial charge in [0.05, 0.1) is 11.6 Å². The Morgan fingerprint density at radius 3 is 2.90 bits per heavy atom. The van der Waals surface area contributed by atoms with Crippen LogP contribution in [0.1, 0.15) is 30.3 Å². The summed E-state index contributed by atoms with van der Waals surface area (Å²) in [5, 5.41) is 0.401. The molecule has 1 aromatic heterocycles. The summed E-state index contributed by atoms with van der Waals surface area (Å²) in [7, 11) is 0. The maximum Gasteiger partial charge on any atom is 0.328 e. The fraction of sp³-hybridized carbons (Fsp3) is 0.462. The molecule has 0 saturated carbocycles. The Balaban J connectivity index is 2.23. The standard InChI is InChI=1S/C13H14Cl2N2O3/c1-2-20-13(19)9-4-3-7-17(9)12(18)11-8(14)5-6-10(15)16-11/h5-6,9H,2-4,7H2,1H3. The Hall–Kier alpha value is -1.33. The molecule has 0 radical (unpaired) electrons. The monoisotopic (exact) mass is 316 g/mol. The maximum atomic E-state index is 12.5. The van der Waals surface area contributed by atoms with Crippen LogP contribution in [-0.4, -0.2) is 41.0 Å². The molecule has 7 heteroatoms. The number of hydrogen-bond donors (Lipinski definition) is 0. The Labute approximate surface area is 126 Å². The van der Waals surface area contributed by atoms with Crippen molar-refractivity contribution >= 4 is 35.1 Å². The Morgan fingerprint density at radius 1 is 1.45 bits per heavy atom. The molecule has 1 atom stereocenters. The van der Waals surface area contributed by atoms with Crippen LogP contribution >= 0.6 is 23.2 Å². The molecule has 20 heavy (non-hydrogen) atoms. The number of aromatic nitrogens is 1. The molecule has 0 bridgehead atoms. The first-order valence-electron chi connectivity index (χ1n) is 6.34. The van der Waals surface area contributed by atoms with Gasteiger partial charge >= 0.3 is 5.97 Å². The van der Waals surface area contributed by atoms with Crippen molar-refractivity contribution in [3.63, 3.8) is 0 Å². The topological polar surface area (TPSA) is 59.5 Å². The van der Waals surface area contributed by atoms with Crippen LogP contribution in [0.3, 0.4) is 0 Å². The lowest BCUT2D eigenvalue weighted by atomic mass is 10.2. The number of likely N-dealkylation sites (tertiary alicyclic amines) is 1. The van der Waals surface area contributed by atoms with Gasteiger partial charge < -0.3 is 9.64 Å². The van der Waals surface area contributed by atoms with E-state index in [4.69, 9.17) is 27.9 Å². The first kappa shape index (κ1) is 15.1. The van der Waals surface area contributed by atoms with E-state index in [-0.39, 0.29) is 22.5 Å². The molecule has 0 spiro atoms. The zero-order valence-corrected chi connectivity index (χ0v) is 12.4. The van der Waals surface area contributed by atoms with E-state index in [1.807, 2.05) is 0 Å². The molecule has 0 aliphatic carbocycles. The fourth-order valence-corrected chi connectivity index (χ4v) is 2.53. The number of ether oxygens (including phenoxy) is 1. The van der Waals surface area contributed by atoms with E-state index in [0.29, 0.717) is 13.0 Å². The third-order valence-corrected chi connectivity index (χ3v) is 3.60. The van der Waals surface area contributed by atoms with Crippen molar-refractivity contribution in [2.75, 3.05) is 13.2 Å². The molecule has 1 amide bonds. The molecule has 1 aliphatic rings. The quantitative estimate of drug-likeness (QED) is 0.635. The number of carbonyl (C=O) groups excluding carboxylic acids is 2. The van der Waals surface area contributed by atoms with Gasteiger partial charge in [0, 0.05) is 6.54 Å². The van der Waals surface area contributed by atoms with Gasteiger partial charge in [-0.05, 0) is 31.9 Å². The Morgan fingerprint density at radius 2 is 2.20 bits per heavy atom. The predicted molar refractivity (Wildman–Crippen MR) is 74.9 cm³/mol. The maximum absolute atomic E-state index is 12.5. The lowest BCUT2D eigenvalue weighted by molar-refractivity contribution is -0.147. The number of halogens is 2. The van der Waals surface area contributed by atoms with Crippen molar-refractivity contribution in [3.05, 3.63) is 28.0 Å². The second-order valence-electron chi connectivity index (χ2n) is 4.37. The van der Waals surface area contributed by atoms with Crippen molar-refractivity contribution < 1.29 is 14.3 Å². The highest BCUT2D eigenvalue weighted by molar-refractivity contribution is 6.34. The van der Waals surface area contributed by atoms with Crippen molar-refractivity contribution in [3.8, 4) is 0 Å². The number of hydrogen-bond acceptors (Lipinski definition) is 4. The average molecular weight is 317 g/mol. The van der Waals surface area contributed by atoms with Crippen LogP contribution in [0.4, 0.5) is 0 Å². The van der Waals surface area contributed by atoms with Gasteiger partial charge in [-0.15, -0.1) is 0 Å². The smallest absolute Gasteiger partial charge is 0.328 e. The summed E-state index contributed by atoms with van der Waals surface area (Å²) in [5.74, 6) is -0.787. The third kappa shape index (κ3) is 3.04. The van der Waals surface area contributed by atoms with E-state index in [1.165, 1.54) is 17.0 Å². The molecule has 1 saturated heterocycles. The number of nitrogens with zero attached hydrogens (tertiary/aromatic N) is 2. The number of esters is 1. The van der Waals surface area contributed by atoms with Gasteiger partial charge in [0.2, 0.25) is 0 Å². The number of carbonyl (C=O) groups is 2. The Bertz CT molecular complexity index is 536. The summed E-state index contributed by atoms with van der Waals surface area (Å²) >= 11 is 11.8. The van der Waals surface area contributed by atoms with E-state index in [1.54, 1.807) is 6.92 Å². The number of rotatable bonds is 3. The molecule has 1 aliphatic heterocycles. The summed E-state index contributed by atoms with van der Waals surface area (Å²) in [6.07, 6.45) is 1.33. The zero-order chi connectivity index (χ0) is 14.7. The average Bonchev–Trinajstić information content (AvgIpc) is 2.90. The van der Waals surface area contributed by atoms with Gasteiger partial charge in [-0.25, -0.2) is 9.78 Å². The molecular formula is C13H14Cl2N2O3. The molecule has 2 rings (SSSR count). The summed E-state index contributed by atoms with van der Waals surface area (Å²) < 4.78 is 4.98. The van der Waals surface area contributed by atoms with E-state index < -0.39 is 17.9 Å². The largest absolute Gasteiger partial charge is 0.464 e. The molecule has 1 aromatic rings. The highest BCUT2D eigenvalue weighted by atomic mass is 35.5. The summed E-state index contributed by atoms with van der Waals surface area (Å²) in [6.45, 7) is 2.49. The number of pyridine rings is 1. The van der Waals surface area contributed by atoms with Crippen LogP contribution in [0.5, 0.6) is 0 Å². The van der Waals surface area contributed by atoms with Gasteiger partial charge in [-0.1, -0.05) is 23.2 Å². The minimum atomic E-state index is -0.570. The second-order valence-corrected chi connectivity index (χ2v) is 5.17. The van der Waals surface area contributed by atoms with Gasteiger partial charge in [-0.2, -0.15) is 0 Å². The molecule has 108 valence electrons. The van der Waals surface area contributed by atoms with Crippen molar-refractivity contribution in [2.24, 2.45) is 0 Å². The van der Waals surface area contributed by atoms with Gasteiger partial charge in [0.15, 0.2) is 0 Å². The summed E-state index contributed by atoms with van der Waals surface area (Å²) in [6, 6.07) is 2.45. The van der Waals surface area contributed by atoms with Crippen molar-refractivity contribution in [1.82, 2.24) is 9.88 Å². The second kappa shape index (κ2) is 6.41. The first-order valence-corrected chi connectivity index (χ1v) is 7.09. The molecule has 0 aromatic carbocycles. The third-order valence-electron chi connectivity index (χ3n) is 3.09. The minimum absolute atomic E-state index is 0.0652. The SMILES string of the molecule is CCOC(=O)C1CCCN1C(=O)c1nc(Cl)ccc1Cl. The minimum Gasteiger partial charge on any atom is -0.464 e. The van der Waals surface area contributed by atoms with Crippen LogP contribution in [0.15, 0.2) is 12.1 Å². The summed E-state index contributed by atoms with van der Waals surface area (Å²) in [4.78, 5) is 29.7. The number of amides is 1. The lowest BCUT2D eigenvalue weighted by Crippen LogP contribution is -2.41. The van der Waals surface area contributed by atoms with E-state index >= 15 is 0 Å². The van der Waals surface area contributed by atoms with Crippen LogP contribution in [-0.2, 0) is 9.53 Å². The molecule has 5 nitrogen and oxygen atoms in total. The molecule has 1 unspecified atom stereocenters. The summed E-state index contributed by atoms with van der Waals surface area (Å²) in [5.41, 5.74) is 0.0652. The van der Waals surface area contributed by atoms with Gasteiger partial charge in [-0.3, -0.25) is 4.79 Å². The zero-order valence-electron chi connectivity index (χ0n) is 10.9. The molecular weight excluding hydrogens is 303 g/mol. The van der Waals surface area contributed by atoms with Crippen LogP contribution < -0.4 is 0 Å². The highest BCUT2D eigenvalue weighted by Crippen LogP contribution is 2.24. The van der Waals surface area contributed by atoms with Crippen molar-refractivity contribution in [2.45, 2.75) is 25.8 Å². The predicted octanol–water partition coefficient (Wildman–Crippen LogP) is 2.56. The highest BCUT2D eigenvalue weighted by Gasteiger charge is 2.36. The van der Waals surface area contributed by atoms with Crippen LogP contribution in [0.2, 0.25) is 10.2 Å². The fourth-order valence-electron chi connectivity index (χ4n) is 2.20. The lowest BCUT2D eigenvalue weighted by Gasteiger charge is -2.23. The van der Waals surface area contributed by atoms with Crippen molar-refractivity contribution in [1.29, 1.82) is 0 Å². The van der Waals surface area contributed by atoms with Gasteiger partial charge in [0.1, 0.15) is 16.9 Å². The van der Waals surface area contributed by atoms with Crippen LogP contribution in [0, 0.1) is 0 Å². The molecule has 1 fully saturated rings. The van der Waals surface area contributed by atoms with Crippen LogP contribution in [0.25, 0.3) is 0 Å². The first-order chi connectivity index (χ1) is 9.54. The Kier molecular flexibility index (Phi) is 4.83. The van der Waals surface area contributed by atoms with E-state index in [0.717, 1.165) is 6.42 Å². The van der Waals surface area contributed by atoms with E-state index in [9.17, 15) is 9.59 Å².